The van der Waals surface area contributed by atoms with Crippen molar-refractivity contribution in [3.05, 3.63) is 0 Å². The van der Waals surface area contributed by atoms with Gasteiger partial charge in [0.1, 0.15) is 0 Å². The molecular weight excluding hydrogens is 271 g/mol. The van der Waals surface area contributed by atoms with E-state index in [4.69, 9.17) is 0 Å². The third-order valence-electron chi connectivity index (χ3n) is 4.97. The molecule has 125 valence electrons. The number of unbranched alkanes of at least 4 members (excludes halogenated alkanes) is 8. The third kappa shape index (κ3) is 12.6. The summed E-state index contributed by atoms with van der Waals surface area (Å²) in [5, 5.41) is 0. The monoisotopic (exact) mass is 311 g/mol. The molecule has 1 aliphatic carbocycles. The van der Waals surface area contributed by atoms with Crippen LogP contribution in [-0.4, -0.2) is 11.8 Å². The molecule has 1 heteroatoms. The maximum atomic E-state index is 2.30. The van der Waals surface area contributed by atoms with Gasteiger partial charge in [0.2, 0.25) is 0 Å². The maximum absolute atomic E-state index is 2.30. The van der Waals surface area contributed by atoms with Gasteiger partial charge in [0.15, 0.2) is 0 Å². The van der Waals surface area contributed by atoms with Gasteiger partial charge in [-0.2, -0.15) is 0 Å². The molecule has 0 unspecified atom stereocenters. The Labute approximate surface area is 137 Å². The molecule has 0 heterocycles. The predicted octanol–water partition coefficient (Wildman–Crippen LogP) is 7.97. The molecule has 0 aromatic heterocycles. The van der Waals surface area contributed by atoms with Gasteiger partial charge in [0.05, 0.1) is 0 Å². The quantitative estimate of drug-likeness (QED) is 0.268. The number of hydrogen-bond acceptors (Lipinski definition) is 0. The first-order valence-corrected chi connectivity index (χ1v) is 11.2. The molecule has 1 aliphatic rings. The molecule has 1 fully saturated rings. The summed E-state index contributed by atoms with van der Waals surface area (Å²) in [6.45, 7) is 2.30. The summed E-state index contributed by atoms with van der Waals surface area (Å²) in [6.07, 6.45) is 26.8. The Balaban J connectivity index is 1.86. The van der Waals surface area contributed by atoms with E-state index in [1.165, 1.54) is 115 Å². The first-order chi connectivity index (χ1) is 10.4. The first kappa shape index (κ1) is 19.5. The lowest BCUT2D eigenvalue weighted by molar-refractivity contribution is 0.572. The van der Waals surface area contributed by atoms with E-state index >= 15 is 0 Å². The topological polar surface area (TPSA) is 0 Å². The van der Waals surface area contributed by atoms with E-state index in [9.17, 15) is 0 Å². The van der Waals surface area contributed by atoms with Crippen LogP contribution in [0.1, 0.15) is 116 Å². The van der Waals surface area contributed by atoms with Crippen LogP contribution in [0.5, 0.6) is 0 Å². The van der Waals surface area contributed by atoms with Gasteiger partial charge in [-0.1, -0.05) is 105 Å². The van der Waals surface area contributed by atoms with E-state index in [-0.39, 0.29) is 0 Å². The molecular formula is C20H40P. The predicted molar refractivity (Wildman–Crippen MR) is 99.7 cm³/mol. The van der Waals surface area contributed by atoms with Gasteiger partial charge in [-0.05, 0) is 31.1 Å². The van der Waals surface area contributed by atoms with Crippen molar-refractivity contribution < 1.29 is 0 Å². The smallest absolute Gasteiger partial charge is 0.0170 e. The minimum Gasteiger partial charge on any atom is -0.0775 e. The lowest BCUT2D eigenvalue weighted by Gasteiger charge is -2.14. The van der Waals surface area contributed by atoms with E-state index in [2.05, 4.69) is 6.92 Å². The second-order valence-electron chi connectivity index (χ2n) is 7.09. The Morgan fingerprint density at radius 2 is 1.10 bits per heavy atom. The Morgan fingerprint density at radius 3 is 1.67 bits per heavy atom. The third-order valence-corrected chi connectivity index (χ3v) is 6.58. The van der Waals surface area contributed by atoms with Gasteiger partial charge in [0.25, 0.3) is 0 Å². The van der Waals surface area contributed by atoms with Crippen molar-refractivity contribution in [2.24, 2.45) is 0 Å². The molecule has 1 rings (SSSR count). The molecule has 0 spiro atoms. The molecule has 1 radical (unpaired) electrons. The maximum Gasteiger partial charge on any atom is -0.0170 e. The van der Waals surface area contributed by atoms with E-state index in [1.807, 2.05) is 0 Å². The van der Waals surface area contributed by atoms with Gasteiger partial charge < -0.3 is 0 Å². The van der Waals surface area contributed by atoms with Crippen LogP contribution in [0.3, 0.4) is 0 Å². The zero-order valence-corrected chi connectivity index (χ0v) is 15.6. The zero-order valence-electron chi connectivity index (χ0n) is 14.8. The fourth-order valence-electron chi connectivity index (χ4n) is 3.49. The van der Waals surface area contributed by atoms with Crippen molar-refractivity contribution in [2.45, 2.75) is 122 Å². The summed E-state index contributed by atoms with van der Waals surface area (Å²) in [5.74, 6) is 0. The minimum absolute atomic E-state index is 1.05. The summed E-state index contributed by atoms with van der Waals surface area (Å²) in [5.41, 5.74) is 1.05. The molecule has 0 bridgehead atoms. The summed E-state index contributed by atoms with van der Waals surface area (Å²) < 4.78 is 0. The van der Waals surface area contributed by atoms with Crippen molar-refractivity contribution in [3.63, 3.8) is 0 Å². The molecule has 0 aromatic rings. The van der Waals surface area contributed by atoms with Crippen molar-refractivity contribution in [2.75, 3.05) is 6.16 Å². The molecule has 1 saturated carbocycles. The van der Waals surface area contributed by atoms with E-state index in [0.717, 1.165) is 5.66 Å². The Kier molecular flexibility index (Phi) is 14.2. The molecule has 0 N–H and O–H groups in total. The average molecular weight is 312 g/mol. The highest BCUT2D eigenvalue weighted by molar-refractivity contribution is 7.38. The normalized spacial score (nSPS) is 18.7. The summed E-state index contributed by atoms with van der Waals surface area (Å²) >= 11 is 0. The highest BCUT2D eigenvalue weighted by Gasteiger charge is 2.10. The molecule has 21 heavy (non-hydrogen) atoms. The molecule has 0 nitrogen and oxygen atoms in total. The minimum atomic E-state index is 1.05. The van der Waals surface area contributed by atoms with Crippen LogP contribution in [0.25, 0.3) is 0 Å². The fraction of sp³-hybridized carbons (Fsp3) is 1.00. The molecule has 0 saturated heterocycles. The van der Waals surface area contributed by atoms with Crippen LogP contribution in [-0.2, 0) is 0 Å². The highest BCUT2D eigenvalue weighted by Crippen LogP contribution is 2.31. The van der Waals surface area contributed by atoms with Gasteiger partial charge in [-0.3, -0.25) is 0 Å². The zero-order chi connectivity index (χ0) is 15.0. The average Bonchev–Trinajstić information content (AvgIpc) is 2.63. The standard InChI is InChI=1S/C20H40P/c1-2-3-4-5-6-7-10-13-16-19-21-20-17-14-11-8-9-12-15-18-20/h20H,2-19H2,1H3. The molecule has 0 aliphatic heterocycles. The van der Waals surface area contributed by atoms with Crippen molar-refractivity contribution in [1.82, 2.24) is 0 Å². The van der Waals surface area contributed by atoms with E-state index in [1.54, 1.807) is 8.58 Å². The van der Waals surface area contributed by atoms with E-state index < -0.39 is 0 Å². The molecule has 0 amide bonds. The molecule has 0 atom stereocenters. The fourth-order valence-corrected chi connectivity index (χ4v) is 4.99. The Bertz CT molecular complexity index is 192. The first-order valence-electron chi connectivity index (χ1n) is 10.1. The largest absolute Gasteiger partial charge is 0.0775 e. The van der Waals surface area contributed by atoms with Crippen molar-refractivity contribution in [3.8, 4) is 0 Å². The van der Waals surface area contributed by atoms with Crippen LogP contribution in [0.4, 0.5) is 0 Å². The summed E-state index contributed by atoms with van der Waals surface area (Å²) in [4.78, 5) is 0. The van der Waals surface area contributed by atoms with E-state index in [0.29, 0.717) is 0 Å². The highest BCUT2D eigenvalue weighted by atomic mass is 31.1. The van der Waals surface area contributed by atoms with Crippen LogP contribution < -0.4 is 0 Å². The second kappa shape index (κ2) is 15.3. The summed E-state index contributed by atoms with van der Waals surface area (Å²) in [6, 6.07) is 0. The lowest BCUT2D eigenvalue weighted by atomic mass is 10.1. The van der Waals surface area contributed by atoms with Gasteiger partial charge >= 0.3 is 0 Å². The van der Waals surface area contributed by atoms with Crippen LogP contribution >= 0.6 is 8.58 Å². The van der Waals surface area contributed by atoms with Crippen molar-refractivity contribution in [1.29, 1.82) is 0 Å². The lowest BCUT2D eigenvalue weighted by Crippen LogP contribution is -2.01. The van der Waals surface area contributed by atoms with Gasteiger partial charge in [-0.25, -0.2) is 0 Å². The van der Waals surface area contributed by atoms with Crippen LogP contribution in [0.15, 0.2) is 0 Å². The van der Waals surface area contributed by atoms with Crippen LogP contribution in [0, 0.1) is 0 Å². The molecule has 0 aromatic carbocycles. The van der Waals surface area contributed by atoms with Crippen molar-refractivity contribution >= 4 is 8.58 Å². The SMILES string of the molecule is CCCCCCCCCCC[P]C1CCCCCCCC1. The Morgan fingerprint density at radius 1 is 0.619 bits per heavy atom. The Hall–Kier alpha value is 0.430. The second-order valence-corrected chi connectivity index (χ2v) is 8.63. The van der Waals surface area contributed by atoms with Gasteiger partial charge in [0, 0.05) is 0 Å². The van der Waals surface area contributed by atoms with Crippen LogP contribution in [0.2, 0.25) is 0 Å². The number of hydrogen-bond donors (Lipinski definition) is 0. The van der Waals surface area contributed by atoms with Gasteiger partial charge in [-0.15, -0.1) is 0 Å². The summed E-state index contributed by atoms with van der Waals surface area (Å²) in [7, 11) is 1.79. The number of rotatable bonds is 11.